The Hall–Kier alpha value is -1.79. The van der Waals surface area contributed by atoms with Crippen LogP contribution in [0.4, 0.5) is 8.78 Å². The van der Waals surface area contributed by atoms with Gasteiger partial charge in [0, 0.05) is 13.1 Å². The van der Waals surface area contributed by atoms with Crippen LogP contribution in [0.25, 0.3) is 0 Å². The van der Waals surface area contributed by atoms with E-state index < -0.39 is 23.0 Å². The molecule has 0 saturated carbocycles. The van der Waals surface area contributed by atoms with Crippen molar-refractivity contribution in [3.63, 3.8) is 0 Å². The minimum absolute atomic E-state index is 0.114. The van der Waals surface area contributed by atoms with Crippen LogP contribution >= 0.6 is 15.9 Å². The Morgan fingerprint density at radius 3 is 2.12 bits per heavy atom. The normalized spacial score (nSPS) is 10.9. The average Bonchev–Trinajstić information content (AvgIpc) is 2.54. The van der Waals surface area contributed by atoms with Gasteiger partial charge in [0.25, 0.3) is 0 Å². The van der Waals surface area contributed by atoms with Crippen LogP contribution in [0.15, 0.2) is 36.4 Å². The predicted octanol–water partition coefficient (Wildman–Crippen LogP) is 4.18. The minimum Gasteiger partial charge on any atom is -0.497 e. The molecule has 0 fully saturated rings. The average molecular weight is 398 g/mol. The Morgan fingerprint density at radius 1 is 1.08 bits per heavy atom. The zero-order valence-electron chi connectivity index (χ0n) is 13.5. The van der Waals surface area contributed by atoms with E-state index in [0.717, 1.165) is 11.3 Å². The molecular weight excluding hydrogens is 380 g/mol. The molecule has 0 aliphatic rings. The lowest BCUT2D eigenvalue weighted by molar-refractivity contribution is 0.101. The number of Topliss-reactive ketones (excluding diaryl/α,β-unsaturated/α-hetero) is 1. The first-order chi connectivity index (χ1) is 11.4. The molecule has 0 bridgehead atoms. The Kier molecular flexibility index (Phi) is 6.45. The zero-order valence-corrected chi connectivity index (χ0v) is 15.1. The lowest BCUT2D eigenvalue weighted by atomic mass is 10.1. The van der Waals surface area contributed by atoms with Gasteiger partial charge < -0.3 is 4.74 Å². The topological polar surface area (TPSA) is 29.5 Å². The molecule has 0 radical (unpaired) electrons. The first-order valence-electron chi connectivity index (χ1n) is 7.33. The highest BCUT2D eigenvalue weighted by atomic mass is 79.9. The molecule has 0 unspecified atom stereocenters. The highest BCUT2D eigenvalue weighted by Gasteiger charge is 2.18. The van der Waals surface area contributed by atoms with Crippen LogP contribution in [0.3, 0.4) is 0 Å². The quantitative estimate of drug-likeness (QED) is 0.518. The van der Waals surface area contributed by atoms with E-state index in [9.17, 15) is 13.6 Å². The molecule has 2 aromatic rings. The number of nitrogens with zero attached hydrogens (tertiary/aromatic N) is 1. The van der Waals surface area contributed by atoms with Gasteiger partial charge in [-0.1, -0.05) is 28.1 Å². The molecule has 0 aliphatic heterocycles. The molecule has 2 aromatic carbocycles. The third-order valence-electron chi connectivity index (χ3n) is 3.57. The summed E-state index contributed by atoms with van der Waals surface area (Å²) >= 11 is 2.93. The molecule has 0 aromatic heterocycles. The fraction of sp³-hybridized carbons (Fsp3) is 0.278. The Balaban J connectivity index is 2.08. The van der Waals surface area contributed by atoms with E-state index in [2.05, 4.69) is 15.9 Å². The monoisotopic (exact) mass is 397 g/mol. The number of benzene rings is 2. The molecule has 0 spiro atoms. The van der Waals surface area contributed by atoms with Crippen LogP contribution in [-0.2, 0) is 13.1 Å². The number of ketones is 1. The van der Waals surface area contributed by atoms with Crippen LogP contribution in [0, 0.1) is 11.6 Å². The standard InChI is InChI=1S/C18H18BrF2NO2/c1-22(10-12-3-5-14(24-2)6-4-12)11-13-7-15(20)18(16(21)8-13)17(23)9-19/h3-8H,9-11H2,1-2H3. The second-order valence-electron chi connectivity index (χ2n) is 5.51. The zero-order chi connectivity index (χ0) is 17.7. The molecular formula is C18H18BrF2NO2. The van der Waals surface area contributed by atoms with Crippen LogP contribution in [0.5, 0.6) is 5.75 Å². The van der Waals surface area contributed by atoms with Crippen LogP contribution in [-0.4, -0.2) is 30.2 Å². The highest BCUT2D eigenvalue weighted by Crippen LogP contribution is 2.19. The minimum atomic E-state index is -0.827. The van der Waals surface area contributed by atoms with Gasteiger partial charge in [0.05, 0.1) is 18.0 Å². The summed E-state index contributed by atoms with van der Waals surface area (Å²) in [6, 6.07) is 10.0. The van der Waals surface area contributed by atoms with E-state index in [-0.39, 0.29) is 5.33 Å². The first-order valence-corrected chi connectivity index (χ1v) is 8.45. The van der Waals surface area contributed by atoms with Crippen molar-refractivity contribution in [3.05, 3.63) is 64.7 Å². The van der Waals surface area contributed by atoms with Crippen molar-refractivity contribution < 1.29 is 18.3 Å². The Bertz CT molecular complexity index is 696. The predicted molar refractivity (Wildman–Crippen MR) is 92.6 cm³/mol. The van der Waals surface area contributed by atoms with Gasteiger partial charge in [-0.3, -0.25) is 9.69 Å². The molecule has 3 nitrogen and oxygen atoms in total. The number of hydrogen-bond acceptors (Lipinski definition) is 3. The van der Waals surface area contributed by atoms with E-state index in [1.165, 1.54) is 12.1 Å². The smallest absolute Gasteiger partial charge is 0.179 e. The molecule has 128 valence electrons. The third kappa shape index (κ3) is 4.61. The second-order valence-corrected chi connectivity index (χ2v) is 6.07. The van der Waals surface area contributed by atoms with Gasteiger partial charge in [0.15, 0.2) is 5.78 Å². The van der Waals surface area contributed by atoms with Crippen molar-refractivity contribution in [1.29, 1.82) is 0 Å². The number of alkyl halides is 1. The largest absolute Gasteiger partial charge is 0.497 e. The number of hydrogen-bond donors (Lipinski definition) is 0. The van der Waals surface area contributed by atoms with Gasteiger partial charge in [-0.25, -0.2) is 8.78 Å². The first kappa shape index (κ1) is 18.5. The maximum absolute atomic E-state index is 14.0. The maximum atomic E-state index is 14.0. The fourth-order valence-electron chi connectivity index (χ4n) is 2.46. The summed E-state index contributed by atoms with van der Waals surface area (Å²) in [7, 11) is 3.46. The van der Waals surface area contributed by atoms with E-state index in [0.29, 0.717) is 18.7 Å². The van der Waals surface area contributed by atoms with Crippen LogP contribution in [0.2, 0.25) is 0 Å². The molecule has 2 rings (SSSR count). The number of carbonyl (C=O) groups is 1. The van der Waals surface area contributed by atoms with Crippen LogP contribution in [0.1, 0.15) is 21.5 Å². The highest BCUT2D eigenvalue weighted by molar-refractivity contribution is 9.09. The van der Waals surface area contributed by atoms with E-state index in [1.54, 1.807) is 7.11 Å². The molecule has 0 N–H and O–H groups in total. The van der Waals surface area contributed by atoms with E-state index in [1.807, 2.05) is 36.2 Å². The number of methoxy groups -OCH3 is 1. The summed E-state index contributed by atoms with van der Waals surface area (Å²) in [5.74, 6) is -1.49. The molecule has 0 saturated heterocycles. The van der Waals surface area contributed by atoms with Gasteiger partial charge in [-0.05, 0) is 42.4 Å². The lowest BCUT2D eigenvalue weighted by Gasteiger charge is -2.17. The summed E-state index contributed by atoms with van der Waals surface area (Å²) in [6.07, 6.45) is 0. The van der Waals surface area contributed by atoms with Crippen LogP contribution < -0.4 is 4.74 Å². The summed E-state index contributed by atoms with van der Waals surface area (Å²) in [5, 5.41) is -0.114. The Labute approximate surface area is 148 Å². The van der Waals surface area contributed by atoms with Gasteiger partial charge >= 0.3 is 0 Å². The van der Waals surface area contributed by atoms with Crippen molar-refractivity contribution in [2.45, 2.75) is 13.1 Å². The van der Waals surface area contributed by atoms with Crippen molar-refractivity contribution >= 4 is 21.7 Å². The summed E-state index contributed by atoms with van der Waals surface area (Å²) in [5.41, 5.74) is 1.05. The van der Waals surface area contributed by atoms with Gasteiger partial charge in [-0.2, -0.15) is 0 Å². The van der Waals surface area contributed by atoms with Crippen molar-refractivity contribution in [1.82, 2.24) is 4.90 Å². The molecule has 0 aliphatic carbocycles. The van der Waals surface area contributed by atoms with Crippen molar-refractivity contribution in [3.8, 4) is 5.75 Å². The number of ether oxygens (including phenoxy) is 1. The van der Waals surface area contributed by atoms with Gasteiger partial charge in [-0.15, -0.1) is 0 Å². The summed E-state index contributed by atoms with van der Waals surface area (Å²) in [4.78, 5) is 13.5. The SMILES string of the molecule is COc1ccc(CN(C)Cc2cc(F)c(C(=O)CBr)c(F)c2)cc1. The molecule has 0 heterocycles. The number of carbonyl (C=O) groups excluding carboxylic acids is 1. The van der Waals surface area contributed by atoms with E-state index in [4.69, 9.17) is 4.74 Å². The maximum Gasteiger partial charge on any atom is 0.179 e. The Morgan fingerprint density at radius 2 is 1.62 bits per heavy atom. The molecule has 0 atom stereocenters. The number of rotatable bonds is 7. The summed E-state index contributed by atoms with van der Waals surface area (Å²) in [6.45, 7) is 0.984. The summed E-state index contributed by atoms with van der Waals surface area (Å²) < 4.78 is 33.1. The van der Waals surface area contributed by atoms with Gasteiger partial charge in [0.1, 0.15) is 17.4 Å². The third-order valence-corrected chi connectivity index (χ3v) is 4.08. The number of halogens is 3. The lowest BCUT2D eigenvalue weighted by Crippen LogP contribution is -2.18. The molecule has 24 heavy (non-hydrogen) atoms. The second kappa shape index (κ2) is 8.35. The van der Waals surface area contributed by atoms with E-state index >= 15 is 0 Å². The fourth-order valence-corrected chi connectivity index (χ4v) is 2.74. The van der Waals surface area contributed by atoms with Gasteiger partial charge in [0.2, 0.25) is 0 Å². The molecule has 6 heteroatoms. The molecule has 0 amide bonds. The van der Waals surface area contributed by atoms with Crippen molar-refractivity contribution in [2.24, 2.45) is 0 Å². The van der Waals surface area contributed by atoms with Crippen molar-refractivity contribution in [2.75, 3.05) is 19.5 Å².